The van der Waals surface area contributed by atoms with Crippen LogP contribution in [0.2, 0.25) is 5.02 Å². The van der Waals surface area contributed by atoms with Crippen molar-refractivity contribution in [2.24, 2.45) is 0 Å². The van der Waals surface area contributed by atoms with Crippen molar-refractivity contribution in [3.8, 4) is 11.5 Å². The van der Waals surface area contributed by atoms with Gasteiger partial charge in [0.1, 0.15) is 0 Å². The summed E-state index contributed by atoms with van der Waals surface area (Å²) in [4.78, 5) is 19.8. The first-order valence-corrected chi connectivity index (χ1v) is 11.3. The van der Waals surface area contributed by atoms with Gasteiger partial charge in [-0.1, -0.05) is 23.7 Å². The van der Waals surface area contributed by atoms with Gasteiger partial charge in [-0.3, -0.25) is 4.79 Å². The lowest BCUT2D eigenvalue weighted by atomic mass is 9.97. The summed E-state index contributed by atoms with van der Waals surface area (Å²) in [6.45, 7) is 5.24. The fourth-order valence-corrected chi connectivity index (χ4v) is 5.16. The lowest BCUT2D eigenvalue weighted by molar-refractivity contribution is 0.0712. The minimum atomic E-state index is -0.0421. The van der Waals surface area contributed by atoms with Gasteiger partial charge in [0.15, 0.2) is 11.5 Å². The monoisotopic (exact) mass is 444 g/mol. The molecule has 30 heavy (non-hydrogen) atoms. The molecule has 4 rings (SSSR count). The number of hydrogen-bond acceptors (Lipinski definition) is 5. The fourth-order valence-electron chi connectivity index (χ4n) is 3.77. The molecule has 0 unspecified atom stereocenters. The minimum absolute atomic E-state index is 0.0333. The summed E-state index contributed by atoms with van der Waals surface area (Å²) in [6.07, 6.45) is 1.77. The summed E-state index contributed by atoms with van der Waals surface area (Å²) < 4.78 is 12.4. The Bertz CT molecular complexity index is 1020. The fraction of sp³-hybridized carbons (Fsp3) is 0.391. The predicted octanol–water partition coefficient (Wildman–Crippen LogP) is 5.77. The van der Waals surface area contributed by atoms with Gasteiger partial charge in [-0.25, -0.2) is 4.98 Å². The molecular weight excluding hydrogens is 420 g/mol. The van der Waals surface area contributed by atoms with Crippen molar-refractivity contribution in [1.82, 2.24) is 9.88 Å². The van der Waals surface area contributed by atoms with Crippen LogP contribution in [0.15, 0.2) is 36.4 Å². The first-order valence-electron chi connectivity index (χ1n) is 10.1. The van der Waals surface area contributed by atoms with E-state index in [2.05, 4.69) is 12.1 Å². The number of piperidine rings is 1. The molecule has 5 nitrogen and oxygen atoms in total. The molecule has 0 spiro atoms. The molecule has 158 valence electrons. The lowest BCUT2D eigenvalue weighted by Crippen LogP contribution is -2.37. The molecule has 7 heteroatoms. The third-order valence-electron chi connectivity index (χ3n) is 5.27. The van der Waals surface area contributed by atoms with E-state index in [1.54, 1.807) is 30.6 Å². The van der Waals surface area contributed by atoms with Crippen LogP contribution in [0.1, 0.15) is 48.0 Å². The molecule has 0 atom stereocenters. The molecule has 0 radical (unpaired) electrons. The Kier molecular flexibility index (Phi) is 6.16. The van der Waals surface area contributed by atoms with E-state index in [4.69, 9.17) is 26.1 Å². The van der Waals surface area contributed by atoms with Crippen LogP contribution in [-0.2, 0) is 0 Å². The zero-order valence-corrected chi connectivity index (χ0v) is 18.9. The third kappa shape index (κ3) is 4.25. The second-order valence-corrected chi connectivity index (χ2v) is 9.21. The van der Waals surface area contributed by atoms with Gasteiger partial charge in [-0.05, 0) is 51.0 Å². The van der Waals surface area contributed by atoms with Gasteiger partial charge in [0.05, 0.1) is 33.5 Å². The number of aromatic nitrogens is 1. The van der Waals surface area contributed by atoms with E-state index in [9.17, 15) is 4.79 Å². The van der Waals surface area contributed by atoms with Crippen LogP contribution in [0.4, 0.5) is 0 Å². The molecule has 1 aliphatic rings. The number of nitrogens with zero attached hydrogens (tertiary/aromatic N) is 2. The molecule has 0 bridgehead atoms. The van der Waals surface area contributed by atoms with Crippen molar-refractivity contribution in [1.29, 1.82) is 0 Å². The van der Waals surface area contributed by atoms with Crippen LogP contribution in [0.3, 0.4) is 0 Å². The standard InChI is InChI=1S/C23H25ClN2O3S/c1-14(2)29-21-17(24)12-16(13-19(21)28-3)23(27)26-10-8-15(9-11-26)22-25-18-6-4-5-7-20(18)30-22/h4-7,12-15H,8-11H2,1-3H3. The highest BCUT2D eigenvalue weighted by molar-refractivity contribution is 7.18. The van der Waals surface area contributed by atoms with E-state index >= 15 is 0 Å². The molecule has 0 aliphatic carbocycles. The van der Waals surface area contributed by atoms with Crippen molar-refractivity contribution in [3.05, 3.63) is 52.0 Å². The first-order chi connectivity index (χ1) is 14.5. The summed E-state index contributed by atoms with van der Waals surface area (Å²) in [5.74, 6) is 1.31. The number of benzene rings is 2. The summed E-state index contributed by atoms with van der Waals surface area (Å²) >= 11 is 8.16. The second kappa shape index (κ2) is 8.82. The molecule has 1 saturated heterocycles. The molecular formula is C23H25ClN2O3S. The van der Waals surface area contributed by atoms with Crippen molar-refractivity contribution < 1.29 is 14.3 Å². The Labute approximate surface area is 185 Å². The molecule has 2 aromatic carbocycles. The highest BCUT2D eigenvalue weighted by Crippen LogP contribution is 2.38. The number of halogens is 1. The highest BCUT2D eigenvalue weighted by atomic mass is 35.5. The third-order valence-corrected chi connectivity index (χ3v) is 6.75. The Balaban J connectivity index is 1.47. The quantitative estimate of drug-likeness (QED) is 0.501. The van der Waals surface area contributed by atoms with Crippen molar-refractivity contribution in [2.75, 3.05) is 20.2 Å². The second-order valence-electron chi connectivity index (χ2n) is 7.74. The number of ether oxygens (including phenoxy) is 2. The van der Waals surface area contributed by atoms with E-state index in [1.807, 2.05) is 30.9 Å². The summed E-state index contributed by atoms with van der Waals surface area (Å²) in [7, 11) is 1.55. The van der Waals surface area contributed by atoms with Gasteiger partial charge in [0.25, 0.3) is 5.91 Å². The molecule has 3 aromatic rings. The summed E-state index contributed by atoms with van der Waals surface area (Å²) in [5, 5.41) is 1.55. The van der Waals surface area contributed by atoms with Gasteiger partial charge in [0, 0.05) is 24.6 Å². The Morgan fingerprint density at radius 1 is 1.23 bits per heavy atom. The normalized spacial score (nSPS) is 15.0. The maximum atomic E-state index is 13.1. The maximum absolute atomic E-state index is 13.1. The van der Waals surface area contributed by atoms with Crippen LogP contribution in [0.5, 0.6) is 11.5 Å². The number of fused-ring (bicyclic) bond motifs is 1. The van der Waals surface area contributed by atoms with Gasteiger partial charge < -0.3 is 14.4 Å². The van der Waals surface area contributed by atoms with Crippen molar-refractivity contribution in [3.63, 3.8) is 0 Å². The number of thiazole rings is 1. The first kappa shape index (κ1) is 20.9. The van der Waals surface area contributed by atoms with Crippen LogP contribution >= 0.6 is 22.9 Å². The number of likely N-dealkylation sites (tertiary alicyclic amines) is 1. The maximum Gasteiger partial charge on any atom is 0.254 e. The van der Waals surface area contributed by atoms with E-state index in [-0.39, 0.29) is 12.0 Å². The largest absolute Gasteiger partial charge is 0.493 e. The number of methoxy groups -OCH3 is 1. The summed E-state index contributed by atoms with van der Waals surface area (Å²) in [6, 6.07) is 11.6. The average Bonchev–Trinajstić information content (AvgIpc) is 3.18. The number of amides is 1. The molecule has 0 saturated carbocycles. The van der Waals surface area contributed by atoms with E-state index in [0.717, 1.165) is 18.4 Å². The SMILES string of the molecule is COc1cc(C(=O)N2CCC(c3nc4ccccc4s3)CC2)cc(Cl)c1OC(C)C. The number of carbonyl (C=O) groups is 1. The van der Waals surface area contributed by atoms with Crippen molar-refractivity contribution in [2.45, 2.75) is 38.7 Å². The Hall–Kier alpha value is -2.31. The number of rotatable bonds is 5. The zero-order valence-electron chi connectivity index (χ0n) is 17.4. The molecule has 1 amide bonds. The molecule has 0 N–H and O–H groups in total. The van der Waals surface area contributed by atoms with Gasteiger partial charge in [0.2, 0.25) is 0 Å². The van der Waals surface area contributed by atoms with Crippen LogP contribution in [-0.4, -0.2) is 42.1 Å². The van der Waals surface area contributed by atoms with Gasteiger partial charge in [-0.2, -0.15) is 0 Å². The topological polar surface area (TPSA) is 51.7 Å². The predicted molar refractivity (Wildman–Crippen MR) is 121 cm³/mol. The number of para-hydroxylation sites is 1. The Morgan fingerprint density at radius 3 is 2.63 bits per heavy atom. The van der Waals surface area contributed by atoms with E-state index in [1.165, 1.54) is 9.71 Å². The van der Waals surface area contributed by atoms with Crippen molar-refractivity contribution >= 4 is 39.1 Å². The van der Waals surface area contributed by atoms with Gasteiger partial charge >= 0.3 is 0 Å². The summed E-state index contributed by atoms with van der Waals surface area (Å²) in [5.41, 5.74) is 1.58. The van der Waals surface area contributed by atoms with Crippen LogP contribution < -0.4 is 9.47 Å². The molecule has 1 fully saturated rings. The highest BCUT2D eigenvalue weighted by Gasteiger charge is 2.27. The molecule has 1 aromatic heterocycles. The minimum Gasteiger partial charge on any atom is -0.493 e. The Morgan fingerprint density at radius 2 is 1.97 bits per heavy atom. The zero-order chi connectivity index (χ0) is 21.3. The van der Waals surface area contributed by atoms with E-state index < -0.39 is 0 Å². The van der Waals surface area contributed by atoms with E-state index in [0.29, 0.717) is 41.1 Å². The van der Waals surface area contributed by atoms with Crippen LogP contribution in [0.25, 0.3) is 10.2 Å². The molecule has 2 heterocycles. The number of carbonyl (C=O) groups excluding carboxylic acids is 1. The average molecular weight is 445 g/mol. The van der Waals surface area contributed by atoms with Crippen LogP contribution in [0, 0.1) is 0 Å². The van der Waals surface area contributed by atoms with Gasteiger partial charge in [-0.15, -0.1) is 11.3 Å². The number of hydrogen-bond donors (Lipinski definition) is 0. The molecule has 1 aliphatic heterocycles. The lowest BCUT2D eigenvalue weighted by Gasteiger charge is -2.31. The smallest absolute Gasteiger partial charge is 0.254 e.